The molecule has 2 aromatic rings. The molecule has 0 aliphatic rings. The highest BCUT2D eigenvalue weighted by molar-refractivity contribution is 5.43. The average molecular weight is 368 g/mol. The number of benzene rings is 2. The second kappa shape index (κ2) is 9.94. The van der Waals surface area contributed by atoms with Crippen LogP contribution in [0.5, 0.6) is 5.75 Å². The van der Waals surface area contributed by atoms with E-state index in [1.54, 1.807) is 0 Å². The number of aromatic hydroxyl groups is 1. The van der Waals surface area contributed by atoms with Crippen molar-refractivity contribution in [1.29, 1.82) is 0 Å². The van der Waals surface area contributed by atoms with E-state index in [1.165, 1.54) is 11.1 Å². The molecule has 2 heteroatoms. The molecule has 0 bridgehead atoms. The lowest BCUT2D eigenvalue weighted by Crippen LogP contribution is -2.38. The van der Waals surface area contributed by atoms with E-state index in [4.69, 9.17) is 0 Å². The maximum absolute atomic E-state index is 10.7. The molecule has 148 valence electrons. The maximum atomic E-state index is 10.7. The maximum Gasteiger partial charge on any atom is 0.119 e. The highest BCUT2D eigenvalue weighted by Gasteiger charge is 2.21. The van der Waals surface area contributed by atoms with Crippen molar-refractivity contribution >= 4 is 0 Å². The van der Waals surface area contributed by atoms with Crippen LogP contribution in [0, 0.1) is 5.92 Å². The summed E-state index contributed by atoms with van der Waals surface area (Å²) in [4.78, 5) is 2.53. The minimum absolute atomic E-state index is 0.207. The molecule has 0 spiro atoms. The zero-order valence-electron chi connectivity index (χ0n) is 17.9. The van der Waals surface area contributed by atoms with Crippen LogP contribution in [0.1, 0.15) is 70.6 Å². The fraction of sp³-hybridized carbons (Fsp3) is 0.520. The van der Waals surface area contributed by atoms with Crippen LogP contribution in [0.25, 0.3) is 0 Å². The third-order valence-corrected chi connectivity index (χ3v) is 5.32. The standard InChI is InChI=1S/C25H37NO/c1-18(2)16-21-12-13-25(27)24(17-21)23(22-10-8-7-9-11-22)14-15-26(19(3)4)20(5)6/h7-13,17-20,23,27H,14-16H2,1-6H3/t23-/m1/s1. The van der Waals surface area contributed by atoms with Crippen molar-refractivity contribution in [2.45, 2.75) is 72.4 Å². The Morgan fingerprint density at radius 3 is 2.04 bits per heavy atom. The van der Waals surface area contributed by atoms with Crippen LogP contribution in [-0.2, 0) is 6.42 Å². The van der Waals surface area contributed by atoms with Gasteiger partial charge < -0.3 is 5.11 Å². The van der Waals surface area contributed by atoms with Gasteiger partial charge in [-0.05, 0) is 70.2 Å². The Kier molecular flexibility index (Phi) is 7.91. The number of phenols is 1. The van der Waals surface area contributed by atoms with Crippen molar-refractivity contribution in [3.8, 4) is 5.75 Å². The predicted molar refractivity (Wildman–Crippen MR) is 117 cm³/mol. The lowest BCUT2D eigenvalue weighted by atomic mass is 9.86. The number of hydrogen-bond donors (Lipinski definition) is 1. The summed E-state index contributed by atoms with van der Waals surface area (Å²) in [7, 11) is 0. The van der Waals surface area contributed by atoms with E-state index in [9.17, 15) is 5.11 Å². The molecule has 2 aromatic carbocycles. The van der Waals surface area contributed by atoms with Gasteiger partial charge in [0.05, 0.1) is 0 Å². The molecular weight excluding hydrogens is 330 g/mol. The fourth-order valence-electron chi connectivity index (χ4n) is 4.06. The second-order valence-corrected chi connectivity index (χ2v) is 8.67. The third kappa shape index (κ3) is 6.10. The van der Waals surface area contributed by atoms with Crippen LogP contribution in [-0.4, -0.2) is 28.6 Å². The molecular formula is C25H37NO. The molecule has 0 amide bonds. The molecule has 0 saturated carbocycles. The van der Waals surface area contributed by atoms with Gasteiger partial charge >= 0.3 is 0 Å². The molecule has 0 aromatic heterocycles. The first-order valence-electron chi connectivity index (χ1n) is 10.4. The van der Waals surface area contributed by atoms with Crippen LogP contribution in [0.2, 0.25) is 0 Å². The van der Waals surface area contributed by atoms with Crippen molar-refractivity contribution in [2.75, 3.05) is 6.54 Å². The van der Waals surface area contributed by atoms with Gasteiger partial charge in [-0.15, -0.1) is 0 Å². The summed E-state index contributed by atoms with van der Waals surface area (Å²) >= 11 is 0. The van der Waals surface area contributed by atoms with Crippen LogP contribution in [0.15, 0.2) is 48.5 Å². The highest BCUT2D eigenvalue weighted by Crippen LogP contribution is 2.35. The minimum Gasteiger partial charge on any atom is -0.508 e. The lowest BCUT2D eigenvalue weighted by Gasteiger charge is -2.32. The average Bonchev–Trinajstić information content (AvgIpc) is 2.60. The lowest BCUT2D eigenvalue weighted by molar-refractivity contribution is 0.170. The first-order valence-corrected chi connectivity index (χ1v) is 10.4. The molecule has 0 heterocycles. The summed E-state index contributed by atoms with van der Waals surface area (Å²) in [5.41, 5.74) is 3.65. The van der Waals surface area contributed by atoms with E-state index in [-0.39, 0.29) is 5.92 Å². The smallest absolute Gasteiger partial charge is 0.119 e. The van der Waals surface area contributed by atoms with Gasteiger partial charge in [-0.3, -0.25) is 4.90 Å². The SMILES string of the molecule is CC(C)Cc1ccc(O)c([C@H](CCN(C(C)C)C(C)C)c2ccccc2)c1. The zero-order valence-corrected chi connectivity index (χ0v) is 17.9. The third-order valence-electron chi connectivity index (χ3n) is 5.32. The summed E-state index contributed by atoms with van der Waals surface area (Å²) in [6.07, 6.45) is 2.04. The van der Waals surface area contributed by atoms with Crippen molar-refractivity contribution in [1.82, 2.24) is 4.90 Å². The second-order valence-electron chi connectivity index (χ2n) is 8.67. The number of hydrogen-bond acceptors (Lipinski definition) is 2. The molecule has 0 fully saturated rings. The van der Waals surface area contributed by atoms with Gasteiger partial charge in [0.15, 0.2) is 0 Å². The first kappa shape index (κ1) is 21.5. The van der Waals surface area contributed by atoms with Gasteiger partial charge in [-0.1, -0.05) is 56.3 Å². The highest BCUT2D eigenvalue weighted by atomic mass is 16.3. The first-order chi connectivity index (χ1) is 12.8. The largest absolute Gasteiger partial charge is 0.508 e. The van der Waals surface area contributed by atoms with Gasteiger partial charge in [-0.25, -0.2) is 0 Å². The number of phenolic OH excluding ortho intramolecular Hbond substituents is 1. The van der Waals surface area contributed by atoms with E-state index >= 15 is 0 Å². The van der Waals surface area contributed by atoms with Gasteiger partial charge in [-0.2, -0.15) is 0 Å². The van der Waals surface area contributed by atoms with Gasteiger partial charge in [0.1, 0.15) is 5.75 Å². The van der Waals surface area contributed by atoms with Gasteiger partial charge in [0.2, 0.25) is 0 Å². The van der Waals surface area contributed by atoms with Crippen LogP contribution in [0.3, 0.4) is 0 Å². The van der Waals surface area contributed by atoms with E-state index in [1.807, 2.05) is 6.07 Å². The van der Waals surface area contributed by atoms with E-state index in [0.717, 1.165) is 24.9 Å². The summed E-state index contributed by atoms with van der Waals surface area (Å²) in [5, 5.41) is 10.7. The Balaban J connectivity index is 2.36. The Morgan fingerprint density at radius 2 is 1.48 bits per heavy atom. The summed E-state index contributed by atoms with van der Waals surface area (Å²) in [6.45, 7) is 14.5. The van der Waals surface area contributed by atoms with Gasteiger partial charge in [0, 0.05) is 23.6 Å². The zero-order chi connectivity index (χ0) is 20.0. The normalized spacial score (nSPS) is 13.1. The van der Waals surface area contributed by atoms with Crippen LogP contribution in [0.4, 0.5) is 0 Å². The van der Waals surface area contributed by atoms with Gasteiger partial charge in [0.25, 0.3) is 0 Å². The number of rotatable bonds is 9. The summed E-state index contributed by atoms with van der Waals surface area (Å²) in [5.74, 6) is 1.23. The predicted octanol–water partition coefficient (Wildman–Crippen LogP) is 6.23. The summed E-state index contributed by atoms with van der Waals surface area (Å²) < 4.78 is 0. The molecule has 1 atom stereocenters. The minimum atomic E-state index is 0.207. The molecule has 0 saturated heterocycles. The fourth-order valence-corrected chi connectivity index (χ4v) is 4.06. The molecule has 1 N–H and O–H groups in total. The van der Waals surface area contributed by atoms with E-state index in [2.05, 4.69) is 88.9 Å². The van der Waals surface area contributed by atoms with E-state index < -0.39 is 0 Å². The van der Waals surface area contributed by atoms with Crippen LogP contribution >= 0.6 is 0 Å². The Bertz CT molecular complexity index is 683. The molecule has 27 heavy (non-hydrogen) atoms. The monoisotopic (exact) mass is 367 g/mol. The quantitative estimate of drug-likeness (QED) is 0.568. The van der Waals surface area contributed by atoms with Crippen molar-refractivity contribution in [3.63, 3.8) is 0 Å². The Morgan fingerprint density at radius 1 is 0.852 bits per heavy atom. The van der Waals surface area contributed by atoms with Crippen molar-refractivity contribution in [3.05, 3.63) is 65.2 Å². The molecule has 0 unspecified atom stereocenters. The molecule has 0 radical (unpaired) electrons. The molecule has 2 rings (SSSR count). The summed E-state index contributed by atoms with van der Waals surface area (Å²) in [6, 6.07) is 17.8. The Hall–Kier alpha value is -1.80. The Labute approximate surface area is 166 Å². The van der Waals surface area contributed by atoms with Crippen molar-refractivity contribution in [2.24, 2.45) is 5.92 Å². The number of nitrogens with zero attached hydrogens (tertiary/aromatic N) is 1. The van der Waals surface area contributed by atoms with Crippen LogP contribution < -0.4 is 0 Å². The molecule has 0 aliphatic carbocycles. The molecule has 2 nitrogen and oxygen atoms in total. The van der Waals surface area contributed by atoms with E-state index in [0.29, 0.717) is 23.8 Å². The van der Waals surface area contributed by atoms with Crippen molar-refractivity contribution < 1.29 is 5.11 Å². The topological polar surface area (TPSA) is 23.5 Å². The molecule has 0 aliphatic heterocycles.